The minimum Gasteiger partial charge on any atom is -0.355 e. The molecule has 0 radical (unpaired) electrons. The van der Waals surface area contributed by atoms with E-state index in [2.05, 4.69) is 25.5 Å². The number of carbonyl (C=O) groups excluding carboxylic acids is 1. The molecule has 0 atom stereocenters. The van der Waals surface area contributed by atoms with Crippen molar-refractivity contribution >= 4 is 11.9 Å². The molecule has 31 heavy (non-hydrogen) atoms. The maximum Gasteiger partial charge on any atom is 0.251 e. The van der Waals surface area contributed by atoms with Crippen LogP contribution < -0.4 is 10.2 Å². The van der Waals surface area contributed by atoms with E-state index in [1.165, 1.54) is 43.7 Å². The average Bonchev–Trinajstić information content (AvgIpc) is 2.77. The summed E-state index contributed by atoms with van der Waals surface area (Å²) in [6.45, 7) is 0. The second-order valence-electron chi connectivity index (χ2n) is 7.35. The first kappa shape index (κ1) is 20.7. The molecule has 1 fully saturated rings. The van der Waals surface area contributed by atoms with E-state index in [1.54, 1.807) is 11.9 Å². The normalized spacial score (nSPS) is 20.1. The molecule has 7 nitrogen and oxygen atoms in total. The molecule has 160 valence electrons. The Balaban J connectivity index is 1.67. The topological polar surface area (TPSA) is 83.9 Å². The smallest absolute Gasteiger partial charge is 0.251 e. The summed E-state index contributed by atoms with van der Waals surface area (Å²) < 4.78 is 42.6. The SMILES string of the molecule is CNC(=O)c1ccc(F)c(-c2cnc(N(C)[C@]3(c4ncccc4F)C[C@@H](F)C3)nn2)c1. The van der Waals surface area contributed by atoms with Crippen molar-refractivity contribution in [2.45, 2.75) is 24.6 Å². The highest BCUT2D eigenvalue weighted by atomic mass is 19.1. The number of hydrogen-bond donors (Lipinski definition) is 1. The van der Waals surface area contributed by atoms with Crippen molar-refractivity contribution < 1.29 is 18.0 Å². The van der Waals surface area contributed by atoms with Crippen molar-refractivity contribution in [1.82, 2.24) is 25.5 Å². The predicted octanol–water partition coefficient (Wildman–Crippen LogP) is 3.04. The van der Waals surface area contributed by atoms with Gasteiger partial charge >= 0.3 is 0 Å². The number of nitrogens with one attached hydrogen (secondary N) is 1. The highest BCUT2D eigenvalue weighted by Gasteiger charge is 2.52. The maximum atomic E-state index is 14.4. The lowest BCUT2D eigenvalue weighted by Crippen LogP contribution is -2.56. The number of hydrogen-bond acceptors (Lipinski definition) is 6. The van der Waals surface area contributed by atoms with E-state index >= 15 is 0 Å². The standard InChI is InChI=1S/C21H19F3N6O/c1-25-19(31)12-5-6-15(23)14(8-12)17-11-27-20(29-28-17)30(2)21(9-13(22)10-21)18-16(24)4-3-7-26-18/h3-8,11,13H,9-10H2,1-2H3,(H,25,31)/t13-,21-. The Labute approximate surface area is 176 Å². The molecule has 1 aliphatic carbocycles. The van der Waals surface area contributed by atoms with Crippen LogP contribution in [0.2, 0.25) is 0 Å². The molecule has 10 heteroatoms. The van der Waals surface area contributed by atoms with Gasteiger partial charge in [-0.3, -0.25) is 9.78 Å². The van der Waals surface area contributed by atoms with Gasteiger partial charge in [0.05, 0.1) is 11.7 Å². The fourth-order valence-electron chi connectivity index (χ4n) is 3.77. The van der Waals surface area contributed by atoms with E-state index in [0.29, 0.717) is 0 Å². The molecule has 0 spiro atoms. The van der Waals surface area contributed by atoms with Gasteiger partial charge in [0, 0.05) is 44.3 Å². The second-order valence-corrected chi connectivity index (χ2v) is 7.35. The number of amides is 1. The van der Waals surface area contributed by atoms with Crippen molar-refractivity contribution in [2.24, 2.45) is 0 Å². The Morgan fingerprint density at radius 3 is 2.55 bits per heavy atom. The zero-order valence-electron chi connectivity index (χ0n) is 16.8. The van der Waals surface area contributed by atoms with Crippen molar-refractivity contribution in [3.8, 4) is 11.3 Å². The molecule has 0 bridgehead atoms. The van der Waals surface area contributed by atoms with Gasteiger partial charge in [0.2, 0.25) is 5.95 Å². The Morgan fingerprint density at radius 1 is 1.16 bits per heavy atom. The highest BCUT2D eigenvalue weighted by Crippen LogP contribution is 2.48. The molecule has 4 rings (SSSR count). The van der Waals surface area contributed by atoms with E-state index in [1.807, 2.05) is 0 Å². The van der Waals surface area contributed by atoms with Crippen LogP contribution in [0.3, 0.4) is 0 Å². The van der Waals surface area contributed by atoms with E-state index in [4.69, 9.17) is 0 Å². The summed E-state index contributed by atoms with van der Waals surface area (Å²) in [7, 11) is 3.09. The fraction of sp³-hybridized carbons (Fsp3) is 0.286. The largest absolute Gasteiger partial charge is 0.355 e. The Morgan fingerprint density at radius 2 is 1.94 bits per heavy atom. The first-order valence-corrected chi connectivity index (χ1v) is 9.56. The second kappa shape index (κ2) is 7.93. The Kier molecular flexibility index (Phi) is 5.30. The van der Waals surface area contributed by atoms with Crippen LogP contribution in [-0.4, -0.2) is 46.3 Å². The first-order valence-electron chi connectivity index (χ1n) is 9.56. The van der Waals surface area contributed by atoms with Crippen molar-refractivity contribution in [3.05, 3.63) is 65.6 Å². The Bertz CT molecular complexity index is 1120. The van der Waals surface area contributed by atoms with Gasteiger partial charge in [0.1, 0.15) is 29.2 Å². The zero-order valence-corrected chi connectivity index (χ0v) is 16.8. The van der Waals surface area contributed by atoms with E-state index in [9.17, 15) is 18.0 Å². The third-order valence-corrected chi connectivity index (χ3v) is 5.54. The highest BCUT2D eigenvalue weighted by molar-refractivity contribution is 5.95. The number of benzene rings is 1. The molecular weight excluding hydrogens is 409 g/mol. The summed E-state index contributed by atoms with van der Waals surface area (Å²) >= 11 is 0. The molecule has 0 aliphatic heterocycles. The Hall–Kier alpha value is -3.56. The minimum atomic E-state index is -1.10. The summed E-state index contributed by atoms with van der Waals surface area (Å²) in [6.07, 6.45) is 1.72. The molecule has 1 saturated carbocycles. The number of rotatable bonds is 5. The fourth-order valence-corrected chi connectivity index (χ4v) is 3.77. The first-order chi connectivity index (χ1) is 14.9. The van der Waals surface area contributed by atoms with Crippen molar-refractivity contribution in [2.75, 3.05) is 19.0 Å². The summed E-state index contributed by atoms with van der Waals surface area (Å²) in [4.78, 5) is 21.7. The quantitative estimate of drug-likeness (QED) is 0.673. The zero-order chi connectivity index (χ0) is 22.2. The van der Waals surface area contributed by atoms with E-state index in [0.717, 1.165) is 6.07 Å². The number of carbonyl (C=O) groups is 1. The molecule has 1 aliphatic rings. The maximum absolute atomic E-state index is 14.4. The predicted molar refractivity (Wildman–Crippen MR) is 107 cm³/mol. The lowest BCUT2D eigenvalue weighted by Gasteiger charge is -2.49. The van der Waals surface area contributed by atoms with Crippen LogP contribution in [0.4, 0.5) is 19.1 Å². The molecule has 0 saturated heterocycles. The number of anilines is 1. The lowest BCUT2D eigenvalue weighted by atomic mass is 9.71. The summed E-state index contributed by atoms with van der Waals surface area (Å²) in [5, 5.41) is 10.5. The van der Waals surface area contributed by atoms with Gasteiger partial charge in [-0.05, 0) is 30.3 Å². The molecule has 1 aromatic carbocycles. The van der Waals surface area contributed by atoms with Crippen LogP contribution in [0.5, 0.6) is 0 Å². The minimum absolute atomic E-state index is 0.0331. The molecule has 3 aromatic rings. The number of halogens is 3. The number of pyridine rings is 1. The van der Waals surface area contributed by atoms with Crippen LogP contribution in [0.25, 0.3) is 11.3 Å². The van der Waals surface area contributed by atoms with Gasteiger partial charge in [0.25, 0.3) is 5.91 Å². The molecule has 1 amide bonds. The third kappa shape index (κ3) is 3.58. The average molecular weight is 428 g/mol. The summed E-state index contributed by atoms with van der Waals surface area (Å²) in [5.74, 6) is -1.39. The number of nitrogens with zero attached hydrogens (tertiary/aromatic N) is 5. The monoisotopic (exact) mass is 428 g/mol. The molecular formula is C21H19F3N6O. The van der Waals surface area contributed by atoms with Crippen LogP contribution >= 0.6 is 0 Å². The van der Waals surface area contributed by atoms with Crippen molar-refractivity contribution in [1.29, 1.82) is 0 Å². The van der Waals surface area contributed by atoms with Crippen molar-refractivity contribution in [3.63, 3.8) is 0 Å². The van der Waals surface area contributed by atoms with Crippen LogP contribution in [-0.2, 0) is 5.54 Å². The van der Waals surface area contributed by atoms with Gasteiger partial charge in [-0.25, -0.2) is 18.2 Å². The van der Waals surface area contributed by atoms with Gasteiger partial charge in [0.15, 0.2) is 0 Å². The van der Waals surface area contributed by atoms with Gasteiger partial charge < -0.3 is 10.2 Å². The summed E-state index contributed by atoms with van der Waals surface area (Å²) in [6, 6.07) is 6.61. The van der Waals surface area contributed by atoms with Crippen LogP contribution in [0.1, 0.15) is 28.9 Å². The van der Waals surface area contributed by atoms with Gasteiger partial charge in [-0.2, -0.15) is 0 Å². The molecule has 1 N–H and O–H groups in total. The van der Waals surface area contributed by atoms with Gasteiger partial charge in [-0.1, -0.05) is 0 Å². The third-order valence-electron chi connectivity index (χ3n) is 5.54. The summed E-state index contributed by atoms with van der Waals surface area (Å²) in [5.41, 5.74) is -0.486. The number of alkyl halides is 1. The van der Waals surface area contributed by atoms with E-state index in [-0.39, 0.29) is 47.2 Å². The molecule has 2 heterocycles. The lowest BCUT2D eigenvalue weighted by molar-refractivity contribution is 0.0859. The number of aromatic nitrogens is 4. The van der Waals surface area contributed by atoms with Crippen LogP contribution in [0.15, 0.2) is 42.7 Å². The van der Waals surface area contributed by atoms with Gasteiger partial charge in [-0.15, -0.1) is 10.2 Å². The molecule has 2 aromatic heterocycles. The van der Waals surface area contributed by atoms with Crippen LogP contribution in [0, 0.1) is 11.6 Å². The van der Waals surface area contributed by atoms with E-state index < -0.39 is 23.3 Å². The molecule has 0 unspecified atom stereocenters.